The summed E-state index contributed by atoms with van der Waals surface area (Å²) in [6.45, 7) is 2.11. The predicted octanol–water partition coefficient (Wildman–Crippen LogP) is 4.20. The Labute approximate surface area is 117 Å². The van der Waals surface area contributed by atoms with Gasteiger partial charge in [-0.2, -0.15) is 0 Å². The van der Waals surface area contributed by atoms with Crippen molar-refractivity contribution < 1.29 is 4.39 Å². The Kier molecular flexibility index (Phi) is 4.47. The Morgan fingerprint density at radius 3 is 2.37 bits per heavy atom. The van der Waals surface area contributed by atoms with E-state index in [1.54, 1.807) is 12.1 Å². The quantitative estimate of drug-likeness (QED) is 0.820. The Balaban J connectivity index is 1.97. The lowest BCUT2D eigenvalue weighted by molar-refractivity contribution is 0.628. The number of aryl methyl sites for hydroxylation is 1. The maximum atomic E-state index is 13.0. The summed E-state index contributed by atoms with van der Waals surface area (Å²) in [5, 5.41) is 6.44. The van der Waals surface area contributed by atoms with Crippen molar-refractivity contribution in [3.63, 3.8) is 0 Å². The van der Waals surface area contributed by atoms with Crippen molar-refractivity contribution in [2.45, 2.75) is 13.3 Å². The molecule has 0 heterocycles. The van der Waals surface area contributed by atoms with Gasteiger partial charge in [-0.25, -0.2) is 4.39 Å². The average molecular weight is 274 g/mol. The summed E-state index contributed by atoms with van der Waals surface area (Å²) in [4.78, 5) is 0. The smallest absolute Gasteiger partial charge is 0.175 e. The van der Waals surface area contributed by atoms with E-state index in [0.29, 0.717) is 10.8 Å². The Hall–Kier alpha value is -1.94. The van der Waals surface area contributed by atoms with Gasteiger partial charge in [0.2, 0.25) is 0 Å². The van der Waals surface area contributed by atoms with Gasteiger partial charge in [-0.1, -0.05) is 25.1 Å². The molecule has 0 radical (unpaired) electrons. The zero-order chi connectivity index (χ0) is 13.7. The summed E-state index contributed by atoms with van der Waals surface area (Å²) < 4.78 is 13.0. The van der Waals surface area contributed by atoms with E-state index >= 15 is 0 Å². The minimum atomic E-state index is -0.292. The maximum absolute atomic E-state index is 13.0. The summed E-state index contributed by atoms with van der Waals surface area (Å²) in [6, 6.07) is 14.2. The molecule has 0 amide bonds. The van der Waals surface area contributed by atoms with Crippen LogP contribution in [0.25, 0.3) is 0 Å². The lowest BCUT2D eigenvalue weighted by Crippen LogP contribution is -2.19. The minimum absolute atomic E-state index is 0.292. The third-order valence-corrected chi connectivity index (χ3v) is 2.91. The van der Waals surface area contributed by atoms with Crippen LogP contribution in [0.3, 0.4) is 0 Å². The molecule has 0 bridgehead atoms. The van der Waals surface area contributed by atoms with Crippen molar-refractivity contribution in [1.29, 1.82) is 0 Å². The highest BCUT2D eigenvalue weighted by atomic mass is 32.1. The number of thiocarbonyl (C=S) groups is 1. The van der Waals surface area contributed by atoms with Crippen LogP contribution in [-0.4, -0.2) is 5.11 Å². The molecular weight excluding hydrogens is 259 g/mol. The van der Waals surface area contributed by atoms with E-state index in [-0.39, 0.29) is 5.82 Å². The minimum Gasteiger partial charge on any atom is -0.332 e. The Morgan fingerprint density at radius 1 is 1.05 bits per heavy atom. The Bertz CT molecular complexity index is 567. The second kappa shape index (κ2) is 6.29. The molecule has 0 aliphatic rings. The molecular formula is C15H15FN2S. The van der Waals surface area contributed by atoms with E-state index in [9.17, 15) is 4.39 Å². The van der Waals surface area contributed by atoms with Crippen molar-refractivity contribution in [3.05, 3.63) is 59.9 Å². The van der Waals surface area contributed by atoms with Crippen LogP contribution >= 0.6 is 12.2 Å². The van der Waals surface area contributed by atoms with Gasteiger partial charge in [-0.15, -0.1) is 0 Å². The van der Waals surface area contributed by atoms with Gasteiger partial charge in [-0.05, 0) is 54.5 Å². The number of nitrogens with one attached hydrogen (secondary N) is 2. The molecule has 0 aliphatic heterocycles. The second-order valence-corrected chi connectivity index (χ2v) is 4.55. The number of anilines is 2. The number of benzene rings is 2. The van der Waals surface area contributed by atoms with Gasteiger partial charge in [0.15, 0.2) is 5.11 Å². The van der Waals surface area contributed by atoms with Gasteiger partial charge >= 0.3 is 0 Å². The molecule has 2 rings (SSSR count). The fraction of sp³-hybridized carbons (Fsp3) is 0.133. The molecule has 0 aromatic heterocycles. The lowest BCUT2D eigenvalue weighted by Gasteiger charge is -2.11. The van der Waals surface area contributed by atoms with Crippen LogP contribution in [0.1, 0.15) is 12.5 Å². The first-order valence-corrected chi connectivity index (χ1v) is 6.50. The Morgan fingerprint density at radius 2 is 1.74 bits per heavy atom. The molecule has 0 spiro atoms. The molecule has 2 nitrogen and oxygen atoms in total. The van der Waals surface area contributed by atoms with E-state index in [4.69, 9.17) is 12.2 Å². The van der Waals surface area contributed by atoms with Crippen LogP contribution in [0.5, 0.6) is 0 Å². The zero-order valence-electron chi connectivity index (χ0n) is 10.6. The molecule has 2 aromatic carbocycles. The molecule has 0 unspecified atom stereocenters. The number of halogens is 1. The van der Waals surface area contributed by atoms with E-state index in [0.717, 1.165) is 12.1 Å². The topological polar surface area (TPSA) is 24.1 Å². The van der Waals surface area contributed by atoms with Gasteiger partial charge in [-0.3, -0.25) is 0 Å². The summed E-state index contributed by atoms with van der Waals surface area (Å²) in [6.07, 6.45) is 1.01. The SMILES string of the molecule is CCc1ccc(NC(=S)Nc2cccc(F)c2)cc1. The standard InChI is InChI=1S/C15H15FN2S/c1-2-11-6-8-13(9-7-11)17-15(19)18-14-5-3-4-12(16)10-14/h3-10H,2H2,1H3,(H2,17,18,19). The molecule has 0 aliphatic carbocycles. The molecule has 0 saturated heterocycles. The van der Waals surface area contributed by atoms with Gasteiger partial charge in [0.05, 0.1) is 0 Å². The van der Waals surface area contributed by atoms with Crippen molar-refractivity contribution in [3.8, 4) is 0 Å². The van der Waals surface area contributed by atoms with Crippen molar-refractivity contribution >= 4 is 28.7 Å². The zero-order valence-corrected chi connectivity index (χ0v) is 11.4. The van der Waals surface area contributed by atoms with Crippen LogP contribution in [0.4, 0.5) is 15.8 Å². The fourth-order valence-corrected chi connectivity index (χ4v) is 1.92. The largest absolute Gasteiger partial charge is 0.332 e. The van der Waals surface area contributed by atoms with Crippen LogP contribution in [0.15, 0.2) is 48.5 Å². The number of hydrogen-bond donors (Lipinski definition) is 2. The van der Waals surface area contributed by atoms with Crippen molar-refractivity contribution in [2.75, 3.05) is 10.6 Å². The van der Waals surface area contributed by atoms with Crippen molar-refractivity contribution in [1.82, 2.24) is 0 Å². The highest BCUT2D eigenvalue weighted by Crippen LogP contribution is 2.12. The lowest BCUT2D eigenvalue weighted by atomic mass is 10.1. The molecule has 98 valence electrons. The third kappa shape index (κ3) is 4.03. The first-order valence-electron chi connectivity index (χ1n) is 6.10. The average Bonchev–Trinajstić information content (AvgIpc) is 2.39. The summed E-state index contributed by atoms with van der Waals surface area (Å²) >= 11 is 5.18. The summed E-state index contributed by atoms with van der Waals surface area (Å²) in [5.74, 6) is -0.292. The van der Waals surface area contributed by atoms with Gasteiger partial charge in [0.25, 0.3) is 0 Å². The number of hydrogen-bond acceptors (Lipinski definition) is 1. The van der Waals surface area contributed by atoms with Crippen LogP contribution in [-0.2, 0) is 6.42 Å². The van der Waals surface area contributed by atoms with Crippen LogP contribution in [0, 0.1) is 5.82 Å². The van der Waals surface area contributed by atoms with Crippen molar-refractivity contribution in [2.24, 2.45) is 0 Å². The molecule has 2 N–H and O–H groups in total. The molecule has 4 heteroatoms. The predicted molar refractivity (Wildman–Crippen MR) is 82.1 cm³/mol. The molecule has 19 heavy (non-hydrogen) atoms. The first-order chi connectivity index (χ1) is 9.17. The van der Waals surface area contributed by atoms with Gasteiger partial charge < -0.3 is 10.6 Å². The highest BCUT2D eigenvalue weighted by Gasteiger charge is 2.00. The van der Waals surface area contributed by atoms with E-state index < -0.39 is 0 Å². The summed E-state index contributed by atoms with van der Waals surface area (Å²) in [5.41, 5.74) is 2.81. The normalized spacial score (nSPS) is 10.0. The molecule has 0 fully saturated rings. The molecule has 0 saturated carbocycles. The van der Waals surface area contributed by atoms with E-state index in [2.05, 4.69) is 17.6 Å². The molecule has 0 atom stereocenters. The van der Waals surface area contributed by atoms with Crippen LogP contribution in [0.2, 0.25) is 0 Å². The second-order valence-electron chi connectivity index (χ2n) is 4.14. The maximum Gasteiger partial charge on any atom is 0.175 e. The molecule has 2 aromatic rings. The number of rotatable bonds is 3. The first kappa shape index (κ1) is 13.5. The van der Waals surface area contributed by atoms with E-state index in [1.165, 1.54) is 17.7 Å². The summed E-state index contributed by atoms with van der Waals surface area (Å²) in [7, 11) is 0. The van der Waals surface area contributed by atoms with Gasteiger partial charge in [0, 0.05) is 11.4 Å². The third-order valence-electron chi connectivity index (χ3n) is 2.70. The highest BCUT2D eigenvalue weighted by molar-refractivity contribution is 7.80. The monoisotopic (exact) mass is 274 g/mol. The van der Waals surface area contributed by atoms with Gasteiger partial charge in [0.1, 0.15) is 5.82 Å². The fourth-order valence-electron chi connectivity index (χ4n) is 1.68. The van der Waals surface area contributed by atoms with E-state index in [1.807, 2.05) is 24.3 Å². The van der Waals surface area contributed by atoms with Crippen LogP contribution < -0.4 is 10.6 Å².